The van der Waals surface area contributed by atoms with Crippen LogP contribution in [0.25, 0.3) is 0 Å². The predicted molar refractivity (Wildman–Crippen MR) is 102 cm³/mol. The van der Waals surface area contributed by atoms with Crippen molar-refractivity contribution in [1.29, 1.82) is 0 Å². The molecule has 2 heterocycles. The van der Waals surface area contributed by atoms with E-state index < -0.39 is 0 Å². The van der Waals surface area contributed by atoms with Crippen molar-refractivity contribution in [2.75, 3.05) is 26.5 Å². The van der Waals surface area contributed by atoms with E-state index in [2.05, 4.69) is 22.0 Å². The molecule has 1 aromatic carbocycles. The van der Waals surface area contributed by atoms with Crippen LogP contribution in [0.2, 0.25) is 0 Å². The second-order valence-corrected chi connectivity index (χ2v) is 6.79. The van der Waals surface area contributed by atoms with Crippen LogP contribution in [0.5, 0.6) is 11.5 Å². The molecule has 0 saturated carbocycles. The van der Waals surface area contributed by atoms with Gasteiger partial charge in [-0.15, -0.1) is 0 Å². The highest BCUT2D eigenvalue weighted by molar-refractivity contribution is 8.13. The summed E-state index contributed by atoms with van der Waals surface area (Å²) in [5.41, 5.74) is 2.19. The average molecular weight is 357 g/mol. The Balaban J connectivity index is 1.83. The van der Waals surface area contributed by atoms with E-state index in [0.29, 0.717) is 0 Å². The Morgan fingerprint density at radius 3 is 2.64 bits per heavy atom. The van der Waals surface area contributed by atoms with E-state index in [-0.39, 0.29) is 0 Å². The third-order valence-corrected chi connectivity index (χ3v) is 5.09. The molecule has 0 radical (unpaired) electrons. The number of rotatable bonds is 6. The average Bonchev–Trinajstić information content (AvgIpc) is 2.69. The number of hydrogen-bond acceptors (Lipinski definition) is 6. The number of aromatic nitrogens is 1. The zero-order valence-corrected chi connectivity index (χ0v) is 15.5. The van der Waals surface area contributed by atoms with Gasteiger partial charge < -0.3 is 14.4 Å². The summed E-state index contributed by atoms with van der Waals surface area (Å²) in [5.74, 6) is 2.60. The summed E-state index contributed by atoms with van der Waals surface area (Å²) in [6.07, 6.45) is 2.97. The van der Waals surface area contributed by atoms with Gasteiger partial charge in [-0.25, -0.2) is 0 Å². The summed E-state index contributed by atoms with van der Waals surface area (Å²) in [6.45, 7) is 2.39. The largest absolute Gasteiger partial charge is 0.493 e. The minimum absolute atomic E-state index is 0.737. The van der Waals surface area contributed by atoms with Crippen molar-refractivity contribution in [3.63, 3.8) is 0 Å². The number of amidine groups is 1. The highest BCUT2D eigenvalue weighted by Gasteiger charge is 2.17. The molecule has 1 aliphatic heterocycles. The van der Waals surface area contributed by atoms with Gasteiger partial charge in [0.1, 0.15) is 0 Å². The highest BCUT2D eigenvalue weighted by Crippen LogP contribution is 2.29. The Kier molecular flexibility index (Phi) is 6.17. The first-order valence-electron chi connectivity index (χ1n) is 8.33. The van der Waals surface area contributed by atoms with Crippen molar-refractivity contribution >= 4 is 16.9 Å². The molecule has 0 fully saturated rings. The molecule has 1 aliphatic rings. The molecule has 5 nitrogen and oxygen atoms in total. The summed E-state index contributed by atoms with van der Waals surface area (Å²) >= 11 is 1.82. The maximum Gasteiger partial charge on any atom is 0.161 e. The van der Waals surface area contributed by atoms with Crippen LogP contribution in [0.4, 0.5) is 0 Å². The molecule has 0 spiro atoms. The summed E-state index contributed by atoms with van der Waals surface area (Å²) in [4.78, 5) is 11.5. The molecule has 2 aromatic rings. The zero-order chi connectivity index (χ0) is 17.5. The lowest BCUT2D eigenvalue weighted by Gasteiger charge is -2.27. The van der Waals surface area contributed by atoms with Crippen molar-refractivity contribution in [2.24, 2.45) is 4.99 Å². The van der Waals surface area contributed by atoms with Crippen molar-refractivity contribution in [1.82, 2.24) is 9.88 Å². The number of nitrogens with zero attached hydrogens (tertiary/aromatic N) is 3. The summed E-state index contributed by atoms with van der Waals surface area (Å²) < 4.78 is 10.8. The van der Waals surface area contributed by atoms with Crippen LogP contribution in [0.15, 0.2) is 47.6 Å². The molecule has 0 N–H and O–H groups in total. The van der Waals surface area contributed by atoms with E-state index in [4.69, 9.17) is 14.5 Å². The summed E-state index contributed by atoms with van der Waals surface area (Å²) in [5, 5.41) is 1.09. The van der Waals surface area contributed by atoms with Crippen LogP contribution in [0.1, 0.15) is 17.7 Å². The van der Waals surface area contributed by atoms with Crippen LogP contribution < -0.4 is 9.47 Å². The van der Waals surface area contributed by atoms with Crippen LogP contribution in [0, 0.1) is 0 Å². The first kappa shape index (κ1) is 17.6. The lowest BCUT2D eigenvalue weighted by Crippen LogP contribution is -2.30. The Morgan fingerprint density at radius 1 is 1.08 bits per heavy atom. The SMILES string of the molecule is COc1ccc(CN(Cc2ccccn2)C2=NCCCS2)cc1OC. The number of benzene rings is 1. The quantitative estimate of drug-likeness (QED) is 0.791. The fraction of sp³-hybridized carbons (Fsp3) is 0.368. The molecule has 3 rings (SSSR count). The smallest absolute Gasteiger partial charge is 0.161 e. The van der Waals surface area contributed by atoms with Gasteiger partial charge in [0.15, 0.2) is 16.7 Å². The van der Waals surface area contributed by atoms with E-state index in [1.807, 2.05) is 42.2 Å². The normalized spacial score (nSPS) is 13.9. The number of ether oxygens (including phenoxy) is 2. The summed E-state index contributed by atoms with van der Waals surface area (Å²) in [7, 11) is 3.31. The minimum Gasteiger partial charge on any atom is -0.493 e. The van der Waals surface area contributed by atoms with Crippen LogP contribution >= 0.6 is 11.8 Å². The van der Waals surface area contributed by atoms with Gasteiger partial charge >= 0.3 is 0 Å². The van der Waals surface area contributed by atoms with E-state index in [0.717, 1.165) is 59.7 Å². The molecule has 25 heavy (non-hydrogen) atoms. The topological polar surface area (TPSA) is 47.0 Å². The Morgan fingerprint density at radius 2 is 1.96 bits per heavy atom. The maximum atomic E-state index is 5.43. The van der Waals surface area contributed by atoms with Gasteiger partial charge in [-0.2, -0.15) is 0 Å². The second-order valence-electron chi connectivity index (χ2n) is 5.73. The number of thioether (sulfide) groups is 1. The van der Waals surface area contributed by atoms with Gasteiger partial charge in [-0.1, -0.05) is 23.9 Å². The molecule has 0 amide bonds. The first-order valence-corrected chi connectivity index (χ1v) is 9.31. The van der Waals surface area contributed by atoms with Gasteiger partial charge in [0, 0.05) is 25.0 Å². The molecule has 0 saturated heterocycles. The van der Waals surface area contributed by atoms with Crippen LogP contribution in [-0.2, 0) is 13.1 Å². The van der Waals surface area contributed by atoms with Crippen molar-refractivity contribution in [2.45, 2.75) is 19.5 Å². The molecule has 0 atom stereocenters. The third-order valence-electron chi connectivity index (χ3n) is 3.95. The van der Waals surface area contributed by atoms with E-state index in [1.54, 1.807) is 14.2 Å². The molecule has 1 aromatic heterocycles. The van der Waals surface area contributed by atoms with Gasteiger partial charge in [0.05, 0.1) is 26.5 Å². The molecule has 0 aliphatic carbocycles. The Labute approximate surface area is 153 Å². The number of pyridine rings is 1. The summed E-state index contributed by atoms with van der Waals surface area (Å²) in [6, 6.07) is 12.1. The first-order chi connectivity index (χ1) is 12.3. The third kappa shape index (κ3) is 4.66. The van der Waals surface area contributed by atoms with Gasteiger partial charge in [0.25, 0.3) is 0 Å². The fourth-order valence-electron chi connectivity index (χ4n) is 2.72. The number of methoxy groups -OCH3 is 2. The van der Waals surface area contributed by atoms with E-state index >= 15 is 0 Å². The van der Waals surface area contributed by atoms with Crippen molar-refractivity contribution in [3.05, 3.63) is 53.9 Å². The minimum atomic E-state index is 0.737. The van der Waals surface area contributed by atoms with Crippen LogP contribution in [-0.4, -0.2) is 41.6 Å². The van der Waals surface area contributed by atoms with Crippen LogP contribution in [0.3, 0.4) is 0 Å². The lowest BCUT2D eigenvalue weighted by molar-refractivity contribution is 0.352. The molecular weight excluding hydrogens is 334 g/mol. The Bertz CT molecular complexity index is 722. The zero-order valence-electron chi connectivity index (χ0n) is 14.6. The molecule has 0 unspecified atom stereocenters. The maximum absolute atomic E-state index is 5.43. The highest BCUT2D eigenvalue weighted by atomic mass is 32.2. The van der Waals surface area contributed by atoms with E-state index in [1.165, 1.54) is 0 Å². The van der Waals surface area contributed by atoms with E-state index in [9.17, 15) is 0 Å². The molecule has 6 heteroatoms. The standard InChI is InChI=1S/C19H23N3O2S/c1-23-17-8-7-15(12-18(17)24-2)13-22(19-21-10-5-11-25-19)14-16-6-3-4-9-20-16/h3-4,6-9,12H,5,10-11,13-14H2,1-2H3. The predicted octanol–water partition coefficient (Wildman–Crippen LogP) is 3.59. The van der Waals surface area contributed by atoms with Gasteiger partial charge in [0.2, 0.25) is 0 Å². The van der Waals surface area contributed by atoms with Crippen molar-refractivity contribution < 1.29 is 9.47 Å². The second kappa shape index (κ2) is 8.76. The van der Waals surface area contributed by atoms with Crippen molar-refractivity contribution in [3.8, 4) is 11.5 Å². The monoisotopic (exact) mass is 357 g/mol. The fourth-order valence-corrected chi connectivity index (χ4v) is 3.67. The number of hydrogen-bond donors (Lipinski definition) is 0. The van der Waals surface area contributed by atoms with Gasteiger partial charge in [-0.05, 0) is 36.2 Å². The van der Waals surface area contributed by atoms with Gasteiger partial charge in [-0.3, -0.25) is 9.98 Å². The number of aliphatic imine (C=N–C) groups is 1. The molecule has 132 valence electrons. The Hall–Kier alpha value is -2.21. The lowest BCUT2D eigenvalue weighted by atomic mass is 10.2. The molecular formula is C19H23N3O2S. The molecule has 0 bridgehead atoms.